The van der Waals surface area contributed by atoms with Gasteiger partial charge in [-0.2, -0.15) is 0 Å². The van der Waals surface area contributed by atoms with Gasteiger partial charge in [0.15, 0.2) is 0 Å². The number of esters is 1. The van der Waals surface area contributed by atoms with Gasteiger partial charge in [-0.1, -0.05) is 33.1 Å². The van der Waals surface area contributed by atoms with Crippen LogP contribution < -0.4 is 10.1 Å². The number of carbonyl (C=O) groups excluding carboxylic acids is 2. The van der Waals surface area contributed by atoms with Gasteiger partial charge in [0.05, 0.1) is 18.9 Å². The lowest BCUT2D eigenvalue weighted by molar-refractivity contribution is -0.141. The summed E-state index contributed by atoms with van der Waals surface area (Å²) in [5.74, 6) is 1.53. The van der Waals surface area contributed by atoms with E-state index in [2.05, 4.69) is 29.1 Å². The summed E-state index contributed by atoms with van der Waals surface area (Å²) in [6.45, 7) is 7.40. The van der Waals surface area contributed by atoms with Crippen molar-refractivity contribution in [3.8, 4) is 5.75 Å². The number of carbonyl (C=O) groups is 2. The van der Waals surface area contributed by atoms with Gasteiger partial charge in [0.25, 0.3) is 0 Å². The number of unbranched alkanes of at least 4 members (excludes halogenated alkanes) is 4. The van der Waals surface area contributed by atoms with E-state index in [-0.39, 0.29) is 23.8 Å². The Bertz CT molecular complexity index is 775. The van der Waals surface area contributed by atoms with Crippen LogP contribution in [0.4, 0.5) is 5.69 Å². The molecule has 0 bridgehead atoms. The lowest BCUT2D eigenvalue weighted by Gasteiger charge is -2.29. The number of benzene rings is 1. The Hall–Kier alpha value is -2.57. The summed E-state index contributed by atoms with van der Waals surface area (Å²) in [6.07, 6.45) is 5.17. The molecule has 1 fully saturated rings. The van der Waals surface area contributed by atoms with Crippen molar-refractivity contribution in [3.63, 3.8) is 0 Å². The number of ether oxygens (including phenoxy) is 2. The summed E-state index contributed by atoms with van der Waals surface area (Å²) in [4.78, 5) is 29.6. The zero-order valence-electron chi connectivity index (χ0n) is 17.6. The topological polar surface area (TPSA) is 80.2 Å². The molecular formula is C22H31N3O4. The Kier molecular flexibility index (Phi) is 7.12. The van der Waals surface area contributed by atoms with E-state index in [1.54, 1.807) is 0 Å². The number of hydrogen-bond acceptors (Lipinski definition) is 6. The molecule has 7 heteroatoms. The van der Waals surface area contributed by atoms with Crippen LogP contribution >= 0.6 is 0 Å². The van der Waals surface area contributed by atoms with E-state index in [9.17, 15) is 9.59 Å². The number of guanidine groups is 1. The van der Waals surface area contributed by atoms with Gasteiger partial charge >= 0.3 is 5.97 Å². The van der Waals surface area contributed by atoms with Crippen molar-refractivity contribution in [1.82, 2.24) is 10.2 Å². The van der Waals surface area contributed by atoms with E-state index < -0.39 is 0 Å². The standard InChI is InChI=1S/C22H31N3O4/c1-15(2)20-21(27)24-22-23-19-10-9-18(13-17(19)14-25(20)22)29-12-8-6-4-5-7-11-28-16(3)26/h9-10,13,15,20H,4-8,11-12,14H2,1-3H3,(H,23,24,27). The zero-order valence-corrected chi connectivity index (χ0v) is 17.6. The fourth-order valence-electron chi connectivity index (χ4n) is 3.78. The molecule has 0 aromatic heterocycles. The Labute approximate surface area is 172 Å². The van der Waals surface area contributed by atoms with Crippen LogP contribution in [0.1, 0.15) is 58.4 Å². The number of hydrogen-bond donors (Lipinski definition) is 1. The molecule has 1 atom stereocenters. The Balaban J connectivity index is 1.43. The molecule has 0 aliphatic carbocycles. The third kappa shape index (κ3) is 5.49. The van der Waals surface area contributed by atoms with Gasteiger partial charge in [0.2, 0.25) is 11.9 Å². The van der Waals surface area contributed by atoms with E-state index in [0.717, 1.165) is 49.1 Å². The van der Waals surface area contributed by atoms with Crippen LogP contribution in [-0.4, -0.2) is 42.0 Å². The molecule has 158 valence electrons. The summed E-state index contributed by atoms with van der Waals surface area (Å²) in [5, 5.41) is 2.90. The molecule has 2 heterocycles. The monoisotopic (exact) mass is 401 g/mol. The molecule has 7 nitrogen and oxygen atoms in total. The number of fused-ring (bicyclic) bond motifs is 2. The highest BCUT2D eigenvalue weighted by molar-refractivity contribution is 6.07. The van der Waals surface area contributed by atoms with Gasteiger partial charge in [-0.05, 0) is 37.0 Å². The average molecular weight is 402 g/mol. The summed E-state index contributed by atoms with van der Waals surface area (Å²) in [5.41, 5.74) is 1.97. The van der Waals surface area contributed by atoms with E-state index in [1.807, 2.05) is 18.2 Å². The van der Waals surface area contributed by atoms with Crippen LogP contribution in [0, 0.1) is 5.92 Å². The van der Waals surface area contributed by atoms with Crippen molar-refractivity contribution in [2.75, 3.05) is 13.2 Å². The van der Waals surface area contributed by atoms with Crippen LogP contribution in [0.2, 0.25) is 0 Å². The van der Waals surface area contributed by atoms with E-state index in [4.69, 9.17) is 9.47 Å². The molecule has 1 aromatic rings. The van der Waals surface area contributed by atoms with Gasteiger partial charge in [-0.25, -0.2) is 4.99 Å². The fraction of sp³-hybridized carbons (Fsp3) is 0.591. The molecule has 29 heavy (non-hydrogen) atoms. The maximum absolute atomic E-state index is 12.2. The molecule has 1 aromatic carbocycles. The van der Waals surface area contributed by atoms with Crippen LogP contribution in [-0.2, 0) is 20.9 Å². The van der Waals surface area contributed by atoms with Crippen molar-refractivity contribution >= 4 is 23.5 Å². The van der Waals surface area contributed by atoms with Gasteiger partial charge in [0.1, 0.15) is 11.8 Å². The zero-order chi connectivity index (χ0) is 20.8. The quantitative estimate of drug-likeness (QED) is 0.479. The molecule has 1 saturated heterocycles. The molecule has 1 N–H and O–H groups in total. The van der Waals surface area contributed by atoms with E-state index >= 15 is 0 Å². The van der Waals surface area contributed by atoms with Crippen molar-refractivity contribution in [2.45, 2.75) is 65.5 Å². The minimum Gasteiger partial charge on any atom is -0.494 e. The molecule has 0 saturated carbocycles. The Morgan fingerprint density at radius 2 is 1.93 bits per heavy atom. The molecule has 1 amide bonds. The second-order valence-electron chi connectivity index (χ2n) is 7.99. The smallest absolute Gasteiger partial charge is 0.302 e. The second kappa shape index (κ2) is 9.76. The highest BCUT2D eigenvalue weighted by Crippen LogP contribution is 2.33. The summed E-state index contributed by atoms with van der Waals surface area (Å²) >= 11 is 0. The highest BCUT2D eigenvalue weighted by Gasteiger charge is 2.40. The van der Waals surface area contributed by atoms with Crippen molar-refractivity contribution in [2.24, 2.45) is 10.9 Å². The molecule has 0 radical (unpaired) electrons. The summed E-state index contributed by atoms with van der Waals surface area (Å²) < 4.78 is 10.8. The first-order valence-corrected chi connectivity index (χ1v) is 10.5. The van der Waals surface area contributed by atoms with Gasteiger partial charge in [0, 0.05) is 19.0 Å². The molecule has 3 rings (SSSR count). The maximum Gasteiger partial charge on any atom is 0.302 e. The summed E-state index contributed by atoms with van der Waals surface area (Å²) in [7, 11) is 0. The maximum atomic E-state index is 12.2. The average Bonchev–Trinajstić information content (AvgIpc) is 2.99. The van der Waals surface area contributed by atoms with E-state index in [1.165, 1.54) is 6.92 Å². The van der Waals surface area contributed by atoms with Crippen molar-refractivity contribution in [1.29, 1.82) is 0 Å². The number of nitrogens with zero attached hydrogens (tertiary/aromatic N) is 2. The third-order valence-electron chi connectivity index (χ3n) is 5.22. The minimum atomic E-state index is -0.210. The number of rotatable bonds is 10. The Morgan fingerprint density at radius 3 is 2.66 bits per heavy atom. The Morgan fingerprint density at radius 1 is 1.21 bits per heavy atom. The van der Waals surface area contributed by atoms with Crippen LogP contribution in [0.3, 0.4) is 0 Å². The molecule has 0 spiro atoms. The number of amides is 1. The van der Waals surface area contributed by atoms with Crippen LogP contribution in [0.5, 0.6) is 5.75 Å². The normalized spacial score (nSPS) is 17.5. The first kappa shape index (κ1) is 21.1. The van der Waals surface area contributed by atoms with Crippen LogP contribution in [0.25, 0.3) is 0 Å². The molecule has 1 unspecified atom stereocenters. The molecule has 2 aliphatic rings. The van der Waals surface area contributed by atoms with Gasteiger partial charge in [-0.15, -0.1) is 0 Å². The third-order valence-corrected chi connectivity index (χ3v) is 5.22. The lowest BCUT2D eigenvalue weighted by Crippen LogP contribution is -2.39. The second-order valence-corrected chi connectivity index (χ2v) is 7.99. The minimum absolute atomic E-state index is 0.0240. The SMILES string of the molecule is CC(=O)OCCCCCCCOc1ccc2c(c1)CN1C(=N2)NC(=O)C1C(C)C. The lowest BCUT2D eigenvalue weighted by atomic mass is 10.0. The fourth-order valence-corrected chi connectivity index (χ4v) is 3.78. The number of aliphatic imine (C=N–C) groups is 1. The van der Waals surface area contributed by atoms with Crippen molar-refractivity contribution in [3.05, 3.63) is 23.8 Å². The first-order chi connectivity index (χ1) is 14.0. The first-order valence-electron chi connectivity index (χ1n) is 10.5. The van der Waals surface area contributed by atoms with Gasteiger partial charge < -0.3 is 14.4 Å². The highest BCUT2D eigenvalue weighted by atomic mass is 16.5. The summed E-state index contributed by atoms with van der Waals surface area (Å²) in [6, 6.07) is 5.76. The predicted octanol–water partition coefficient (Wildman–Crippen LogP) is 3.54. The van der Waals surface area contributed by atoms with E-state index in [0.29, 0.717) is 25.7 Å². The van der Waals surface area contributed by atoms with Gasteiger partial charge in [-0.3, -0.25) is 14.9 Å². The largest absolute Gasteiger partial charge is 0.494 e. The molecular weight excluding hydrogens is 370 g/mol. The molecule has 2 aliphatic heterocycles. The van der Waals surface area contributed by atoms with Crippen molar-refractivity contribution < 1.29 is 19.1 Å². The number of nitrogens with one attached hydrogen (secondary N) is 1. The predicted molar refractivity (Wildman–Crippen MR) is 111 cm³/mol. The van der Waals surface area contributed by atoms with Crippen LogP contribution in [0.15, 0.2) is 23.2 Å².